The van der Waals surface area contributed by atoms with Crippen molar-refractivity contribution in [2.45, 2.75) is 6.92 Å². The fraction of sp³-hybridized carbons (Fsp3) is 0.100. The first-order valence-electron chi connectivity index (χ1n) is 4.73. The van der Waals surface area contributed by atoms with Crippen LogP contribution in [-0.2, 0) is 14.4 Å². The van der Waals surface area contributed by atoms with Gasteiger partial charge in [0.25, 0.3) is 0 Å². The minimum atomic E-state index is -1.31. The second-order valence-corrected chi connectivity index (χ2v) is 3.19. The highest BCUT2D eigenvalue weighted by atomic mass is 19.1. The van der Waals surface area contributed by atoms with Crippen molar-refractivity contribution in [3.63, 3.8) is 0 Å². The molecule has 0 atom stereocenters. The normalized spacial score (nSPS) is 9.50. The molecular formula is C10H9F2N3O3. The third-order valence-electron chi connectivity index (χ3n) is 1.76. The summed E-state index contributed by atoms with van der Waals surface area (Å²) in [5, 5.41) is 1.75. The first-order valence-corrected chi connectivity index (χ1v) is 4.73. The van der Waals surface area contributed by atoms with E-state index in [4.69, 9.17) is 0 Å². The van der Waals surface area contributed by atoms with Gasteiger partial charge in [0.2, 0.25) is 5.91 Å². The SMILES string of the molecule is CC(=O)NNC(=O)C(=O)Nc1c(F)cccc1F. The number of hydrogen-bond acceptors (Lipinski definition) is 3. The third-order valence-corrected chi connectivity index (χ3v) is 1.76. The Balaban J connectivity index is 2.70. The number of carbonyl (C=O) groups is 3. The maximum Gasteiger partial charge on any atom is 0.328 e. The predicted octanol–water partition coefficient (Wildman–Crippen LogP) is 0.0706. The van der Waals surface area contributed by atoms with Gasteiger partial charge >= 0.3 is 11.8 Å². The highest BCUT2D eigenvalue weighted by Crippen LogP contribution is 2.17. The fourth-order valence-corrected chi connectivity index (χ4v) is 0.989. The van der Waals surface area contributed by atoms with Crippen LogP contribution in [0.25, 0.3) is 0 Å². The van der Waals surface area contributed by atoms with Crippen LogP contribution >= 0.6 is 0 Å². The summed E-state index contributed by atoms with van der Waals surface area (Å²) in [6, 6.07) is 2.95. The number of hydrogen-bond donors (Lipinski definition) is 3. The molecule has 0 spiro atoms. The summed E-state index contributed by atoms with van der Waals surface area (Å²) in [5.74, 6) is -5.21. The molecule has 18 heavy (non-hydrogen) atoms. The van der Waals surface area contributed by atoms with E-state index in [0.717, 1.165) is 25.1 Å². The van der Waals surface area contributed by atoms with Crippen molar-refractivity contribution < 1.29 is 23.2 Å². The van der Waals surface area contributed by atoms with Crippen molar-refractivity contribution in [1.29, 1.82) is 0 Å². The van der Waals surface area contributed by atoms with Gasteiger partial charge in [0.1, 0.15) is 17.3 Å². The van der Waals surface area contributed by atoms with E-state index >= 15 is 0 Å². The highest BCUT2D eigenvalue weighted by molar-refractivity contribution is 6.39. The quantitative estimate of drug-likeness (QED) is 0.491. The summed E-state index contributed by atoms with van der Waals surface area (Å²) in [4.78, 5) is 32.8. The molecule has 0 unspecified atom stereocenters. The number of carbonyl (C=O) groups excluding carboxylic acids is 3. The average molecular weight is 257 g/mol. The number of nitrogens with one attached hydrogen (secondary N) is 3. The van der Waals surface area contributed by atoms with Gasteiger partial charge in [-0.1, -0.05) is 6.07 Å². The Morgan fingerprint density at radius 1 is 1.00 bits per heavy atom. The molecule has 8 heteroatoms. The Bertz CT molecular complexity index is 485. The van der Waals surface area contributed by atoms with Crippen LogP contribution in [0, 0.1) is 11.6 Å². The molecule has 0 aliphatic rings. The minimum absolute atomic E-state index is 0.603. The van der Waals surface area contributed by atoms with Crippen molar-refractivity contribution in [3.8, 4) is 0 Å². The van der Waals surface area contributed by atoms with Crippen LogP contribution in [0.3, 0.4) is 0 Å². The molecule has 0 fully saturated rings. The molecule has 6 nitrogen and oxygen atoms in total. The first kappa shape index (κ1) is 13.6. The van der Waals surface area contributed by atoms with E-state index in [0.29, 0.717) is 0 Å². The van der Waals surface area contributed by atoms with Gasteiger partial charge in [-0.05, 0) is 12.1 Å². The maximum atomic E-state index is 13.1. The number of rotatable bonds is 1. The van der Waals surface area contributed by atoms with E-state index < -0.39 is 35.0 Å². The number of hydrazine groups is 1. The predicted molar refractivity (Wildman–Crippen MR) is 56.9 cm³/mol. The van der Waals surface area contributed by atoms with Gasteiger partial charge in [-0.2, -0.15) is 0 Å². The summed E-state index contributed by atoms with van der Waals surface area (Å²) in [6.45, 7) is 1.11. The number of benzene rings is 1. The van der Waals surface area contributed by atoms with Crippen LogP contribution in [0.15, 0.2) is 18.2 Å². The van der Waals surface area contributed by atoms with Gasteiger partial charge in [0.15, 0.2) is 0 Å². The van der Waals surface area contributed by atoms with E-state index in [9.17, 15) is 23.2 Å². The Morgan fingerprint density at radius 3 is 2.06 bits per heavy atom. The monoisotopic (exact) mass is 257 g/mol. The van der Waals surface area contributed by atoms with Crippen molar-refractivity contribution in [3.05, 3.63) is 29.8 Å². The van der Waals surface area contributed by atoms with Crippen molar-refractivity contribution in [2.75, 3.05) is 5.32 Å². The van der Waals surface area contributed by atoms with Crippen LogP contribution in [0.4, 0.5) is 14.5 Å². The molecule has 0 aromatic heterocycles. The number of halogens is 2. The topological polar surface area (TPSA) is 87.3 Å². The van der Waals surface area contributed by atoms with Crippen molar-refractivity contribution in [1.82, 2.24) is 10.9 Å². The molecule has 0 heterocycles. The number of amides is 3. The summed E-state index contributed by atoms with van der Waals surface area (Å²) in [6.07, 6.45) is 0. The lowest BCUT2D eigenvalue weighted by Crippen LogP contribution is -2.45. The zero-order chi connectivity index (χ0) is 13.7. The molecule has 3 N–H and O–H groups in total. The average Bonchev–Trinajstić information content (AvgIpc) is 2.30. The minimum Gasteiger partial charge on any atom is -0.313 e. The second kappa shape index (κ2) is 5.71. The summed E-state index contributed by atoms with van der Waals surface area (Å²) in [5.41, 5.74) is 2.86. The van der Waals surface area contributed by atoms with Crippen LogP contribution < -0.4 is 16.2 Å². The lowest BCUT2D eigenvalue weighted by Gasteiger charge is -2.07. The van der Waals surface area contributed by atoms with E-state index in [-0.39, 0.29) is 0 Å². The standard InChI is InChI=1S/C10H9F2N3O3/c1-5(16)14-15-10(18)9(17)13-8-6(11)3-2-4-7(8)12/h2-4H,1H3,(H,13,17)(H,14,16)(H,15,18). The van der Waals surface area contributed by atoms with E-state index in [1.165, 1.54) is 0 Å². The Labute approximate surface area is 100 Å². The van der Waals surface area contributed by atoms with Gasteiger partial charge in [-0.3, -0.25) is 25.2 Å². The van der Waals surface area contributed by atoms with Gasteiger partial charge in [0, 0.05) is 6.92 Å². The van der Waals surface area contributed by atoms with Crippen LogP contribution in [0.1, 0.15) is 6.92 Å². The molecule has 96 valence electrons. The zero-order valence-electron chi connectivity index (χ0n) is 9.21. The molecule has 1 rings (SSSR count). The van der Waals surface area contributed by atoms with Crippen LogP contribution in [-0.4, -0.2) is 17.7 Å². The summed E-state index contributed by atoms with van der Waals surface area (Å²) < 4.78 is 26.3. The largest absolute Gasteiger partial charge is 0.328 e. The second-order valence-electron chi connectivity index (χ2n) is 3.19. The van der Waals surface area contributed by atoms with E-state index in [2.05, 4.69) is 0 Å². The molecular weight excluding hydrogens is 248 g/mol. The Hall–Kier alpha value is -2.51. The zero-order valence-corrected chi connectivity index (χ0v) is 9.21. The third kappa shape index (κ3) is 3.51. The van der Waals surface area contributed by atoms with Crippen LogP contribution in [0.5, 0.6) is 0 Å². The molecule has 0 aliphatic carbocycles. The van der Waals surface area contributed by atoms with Gasteiger partial charge < -0.3 is 5.32 Å². The Kier molecular flexibility index (Phi) is 4.30. The van der Waals surface area contributed by atoms with E-state index in [1.807, 2.05) is 5.43 Å². The van der Waals surface area contributed by atoms with Crippen LogP contribution in [0.2, 0.25) is 0 Å². The fourth-order valence-electron chi connectivity index (χ4n) is 0.989. The van der Waals surface area contributed by atoms with Crippen molar-refractivity contribution in [2.24, 2.45) is 0 Å². The Morgan fingerprint density at radius 2 is 1.56 bits per heavy atom. The molecule has 1 aromatic carbocycles. The first-order chi connectivity index (χ1) is 8.41. The smallest absolute Gasteiger partial charge is 0.313 e. The summed E-state index contributed by atoms with van der Waals surface area (Å²) >= 11 is 0. The van der Waals surface area contributed by atoms with E-state index in [1.54, 1.807) is 10.7 Å². The highest BCUT2D eigenvalue weighted by Gasteiger charge is 2.18. The maximum absolute atomic E-state index is 13.1. The molecule has 1 aromatic rings. The summed E-state index contributed by atoms with van der Waals surface area (Å²) in [7, 11) is 0. The molecule has 0 saturated heterocycles. The molecule has 0 radical (unpaired) electrons. The van der Waals surface area contributed by atoms with Gasteiger partial charge in [-0.25, -0.2) is 8.78 Å². The molecule has 3 amide bonds. The molecule has 0 saturated carbocycles. The van der Waals surface area contributed by atoms with Crippen molar-refractivity contribution >= 4 is 23.4 Å². The van der Waals surface area contributed by atoms with Gasteiger partial charge in [-0.15, -0.1) is 0 Å². The number of para-hydroxylation sites is 1. The lowest BCUT2D eigenvalue weighted by atomic mass is 10.3. The molecule has 0 aliphatic heterocycles. The molecule has 0 bridgehead atoms. The van der Waals surface area contributed by atoms with Gasteiger partial charge in [0.05, 0.1) is 0 Å². The number of anilines is 1. The lowest BCUT2D eigenvalue weighted by molar-refractivity contribution is -0.138.